The van der Waals surface area contributed by atoms with Crippen LogP contribution in [0.25, 0.3) is 55.2 Å². The van der Waals surface area contributed by atoms with Crippen LogP contribution in [0.3, 0.4) is 0 Å². The predicted octanol–water partition coefficient (Wildman–Crippen LogP) is 14.2. The number of ether oxygens (including phenoxy) is 2. The summed E-state index contributed by atoms with van der Waals surface area (Å²) < 4.78 is 20.9. The third kappa shape index (κ3) is 10.2. The normalized spacial score (nSPS) is 11.6. The van der Waals surface area contributed by atoms with Crippen molar-refractivity contribution in [2.45, 2.75) is 116 Å². The molecule has 0 spiro atoms. The van der Waals surface area contributed by atoms with Crippen LogP contribution in [0.1, 0.15) is 120 Å². The molecule has 0 fully saturated rings. The number of fused-ring (bicyclic) bond motifs is 5. The second-order valence-electron chi connectivity index (χ2n) is 15.8. The Bertz CT molecular complexity index is 2370. The SMILES string of the molecule is CCCCCCCCCCCCCCCCOC(=O)c1ccccc1-c1c2ccc(=O)cc-2oc2cc(OCCCCn3c4ccccc4c4ccccc43)ccc12. The van der Waals surface area contributed by atoms with Crippen molar-refractivity contribution >= 4 is 38.7 Å². The summed E-state index contributed by atoms with van der Waals surface area (Å²) in [5.41, 5.74) is 5.79. The molecular formula is C52H59NO5. The summed E-state index contributed by atoms with van der Waals surface area (Å²) in [5.74, 6) is 0.815. The molecule has 5 aromatic rings. The summed E-state index contributed by atoms with van der Waals surface area (Å²) >= 11 is 0. The molecule has 0 radical (unpaired) electrons. The van der Waals surface area contributed by atoms with Gasteiger partial charge in [0.25, 0.3) is 0 Å². The summed E-state index contributed by atoms with van der Waals surface area (Å²) in [4.78, 5) is 26.1. The molecule has 2 aliphatic rings. The maximum absolute atomic E-state index is 13.6. The van der Waals surface area contributed by atoms with E-state index < -0.39 is 0 Å². The van der Waals surface area contributed by atoms with Gasteiger partial charge in [0.05, 0.1) is 18.8 Å². The van der Waals surface area contributed by atoms with E-state index in [4.69, 9.17) is 13.9 Å². The molecule has 0 N–H and O–H groups in total. The molecule has 1 aromatic heterocycles. The molecule has 2 heterocycles. The Hall–Kier alpha value is -5.36. The Morgan fingerprint density at radius 1 is 0.569 bits per heavy atom. The first-order chi connectivity index (χ1) is 28.6. The van der Waals surface area contributed by atoms with Gasteiger partial charge in [0, 0.05) is 57.0 Å². The van der Waals surface area contributed by atoms with Crippen LogP contribution >= 0.6 is 0 Å². The average Bonchev–Trinajstić information content (AvgIpc) is 3.57. The number of carbonyl (C=O) groups is 1. The lowest BCUT2D eigenvalue weighted by molar-refractivity contribution is 0.0498. The van der Waals surface area contributed by atoms with Crippen molar-refractivity contribution < 1.29 is 18.7 Å². The first-order valence-electron chi connectivity index (χ1n) is 22.0. The molecule has 0 unspecified atom stereocenters. The van der Waals surface area contributed by atoms with E-state index in [0.29, 0.717) is 35.9 Å². The summed E-state index contributed by atoms with van der Waals surface area (Å²) in [6.07, 6.45) is 19.8. The molecule has 1 aliphatic carbocycles. The van der Waals surface area contributed by atoms with Crippen molar-refractivity contribution in [2.24, 2.45) is 0 Å². The Morgan fingerprint density at radius 2 is 1.17 bits per heavy atom. The lowest BCUT2D eigenvalue weighted by Gasteiger charge is -2.18. The highest BCUT2D eigenvalue weighted by atomic mass is 16.5. The molecule has 302 valence electrons. The van der Waals surface area contributed by atoms with E-state index in [0.717, 1.165) is 54.3 Å². The minimum absolute atomic E-state index is 0.141. The lowest BCUT2D eigenvalue weighted by atomic mass is 9.91. The number of rotatable bonds is 23. The van der Waals surface area contributed by atoms with Gasteiger partial charge in [-0.15, -0.1) is 0 Å². The highest BCUT2D eigenvalue weighted by molar-refractivity contribution is 6.09. The fraction of sp³-hybridized carbons (Fsp3) is 0.385. The summed E-state index contributed by atoms with van der Waals surface area (Å²) in [5, 5.41) is 3.40. The zero-order valence-corrected chi connectivity index (χ0v) is 34.3. The van der Waals surface area contributed by atoms with Crippen LogP contribution in [0.4, 0.5) is 0 Å². The molecule has 58 heavy (non-hydrogen) atoms. The van der Waals surface area contributed by atoms with Crippen LogP contribution in [0, 0.1) is 0 Å². The highest BCUT2D eigenvalue weighted by Gasteiger charge is 2.22. The number of unbranched alkanes of at least 4 members (excludes halogenated alkanes) is 14. The van der Waals surface area contributed by atoms with Gasteiger partial charge >= 0.3 is 5.97 Å². The summed E-state index contributed by atoms with van der Waals surface area (Å²) in [6, 6.07) is 35.4. The average molecular weight is 778 g/mol. The topological polar surface area (TPSA) is 70.7 Å². The highest BCUT2D eigenvalue weighted by Crippen LogP contribution is 2.42. The quantitative estimate of drug-likeness (QED) is 0.0367. The first kappa shape index (κ1) is 40.8. The van der Waals surface area contributed by atoms with E-state index in [1.165, 1.54) is 105 Å². The minimum Gasteiger partial charge on any atom is -0.493 e. The molecule has 6 nitrogen and oxygen atoms in total. The molecule has 0 amide bonds. The van der Waals surface area contributed by atoms with Crippen molar-refractivity contribution in [2.75, 3.05) is 13.2 Å². The molecule has 4 aromatic carbocycles. The Morgan fingerprint density at radius 3 is 1.86 bits per heavy atom. The zero-order chi connectivity index (χ0) is 39.9. The molecule has 6 heteroatoms. The molecule has 0 saturated heterocycles. The maximum atomic E-state index is 13.6. The van der Waals surface area contributed by atoms with Crippen LogP contribution in [0.2, 0.25) is 0 Å². The van der Waals surface area contributed by atoms with Crippen molar-refractivity contribution in [3.05, 3.63) is 125 Å². The van der Waals surface area contributed by atoms with Gasteiger partial charge in [0.15, 0.2) is 5.43 Å². The summed E-state index contributed by atoms with van der Waals surface area (Å²) in [7, 11) is 0. The van der Waals surface area contributed by atoms with Gasteiger partial charge in [-0.05, 0) is 67.3 Å². The van der Waals surface area contributed by atoms with E-state index >= 15 is 0 Å². The standard InChI is InChI=1S/C52H59NO5/c1-2-3-4-5-6-7-8-9-10-11-12-13-14-22-36-57-52(55)44-27-16-15-26-43(44)51-45-32-30-39(54)37-49(45)58-50-38-40(31-33-46(50)51)56-35-23-21-34-53-47-28-19-17-24-41(47)42-25-18-20-29-48(42)53/h15-20,24-33,37-38H,2-14,21-23,34-36H2,1H3. The number of hydrogen-bond donors (Lipinski definition) is 0. The van der Waals surface area contributed by atoms with Crippen LogP contribution in [-0.4, -0.2) is 23.8 Å². The number of esters is 1. The van der Waals surface area contributed by atoms with Crippen LogP contribution in [0.15, 0.2) is 118 Å². The Kier molecular flexibility index (Phi) is 14.7. The minimum atomic E-state index is -0.339. The molecule has 0 atom stereocenters. The van der Waals surface area contributed by atoms with E-state index in [-0.39, 0.29) is 11.4 Å². The third-order valence-electron chi connectivity index (χ3n) is 11.5. The second-order valence-corrected chi connectivity index (χ2v) is 15.8. The lowest BCUT2D eigenvalue weighted by Crippen LogP contribution is -2.09. The molecule has 1 aliphatic heterocycles. The van der Waals surface area contributed by atoms with Crippen LogP contribution in [0.5, 0.6) is 5.75 Å². The fourth-order valence-corrected chi connectivity index (χ4v) is 8.46. The predicted molar refractivity (Wildman–Crippen MR) is 239 cm³/mol. The third-order valence-corrected chi connectivity index (χ3v) is 11.5. The largest absolute Gasteiger partial charge is 0.493 e. The van der Waals surface area contributed by atoms with Crippen LogP contribution < -0.4 is 10.2 Å². The number of para-hydroxylation sites is 2. The van der Waals surface area contributed by atoms with Crippen molar-refractivity contribution in [3.8, 4) is 28.2 Å². The smallest absolute Gasteiger partial charge is 0.338 e. The summed E-state index contributed by atoms with van der Waals surface area (Å²) in [6.45, 7) is 4.13. The molecule has 0 saturated carbocycles. The number of aromatic nitrogens is 1. The van der Waals surface area contributed by atoms with Gasteiger partial charge in [-0.1, -0.05) is 145 Å². The van der Waals surface area contributed by atoms with Gasteiger partial charge in [0.2, 0.25) is 0 Å². The van der Waals surface area contributed by atoms with E-state index in [9.17, 15) is 9.59 Å². The van der Waals surface area contributed by atoms with Crippen LogP contribution in [-0.2, 0) is 11.3 Å². The maximum Gasteiger partial charge on any atom is 0.338 e. The van der Waals surface area contributed by atoms with E-state index in [2.05, 4.69) is 60.0 Å². The van der Waals surface area contributed by atoms with Crippen molar-refractivity contribution in [1.29, 1.82) is 0 Å². The van der Waals surface area contributed by atoms with Gasteiger partial charge in [-0.2, -0.15) is 0 Å². The van der Waals surface area contributed by atoms with Crippen molar-refractivity contribution in [3.63, 3.8) is 0 Å². The van der Waals surface area contributed by atoms with Gasteiger partial charge in [-0.25, -0.2) is 4.79 Å². The molecule has 7 rings (SSSR count). The fourth-order valence-electron chi connectivity index (χ4n) is 8.46. The van der Waals surface area contributed by atoms with Crippen molar-refractivity contribution in [1.82, 2.24) is 4.57 Å². The van der Waals surface area contributed by atoms with E-state index in [1.807, 2.05) is 42.5 Å². The monoisotopic (exact) mass is 777 g/mol. The zero-order valence-electron chi connectivity index (χ0n) is 34.3. The number of hydrogen-bond acceptors (Lipinski definition) is 5. The molecular weight excluding hydrogens is 719 g/mol. The molecule has 0 bridgehead atoms. The number of nitrogens with zero attached hydrogens (tertiary/aromatic N) is 1. The van der Waals surface area contributed by atoms with E-state index in [1.54, 1.807) is 12.1 Å². The van der Waals surface area contributed by atoms with Gasteiger partial charge in [-0.3, -0.25) is 4.79 Å². The van der Waals surface area contributed by atoms with Gasteiger partial charge < -0.3 is 18.5 Å². The number of carbonyl (C=O) groups excluding carboxylic acids is 1. The Labute approximate surface area is 343 Å². The van der Waals surface area contributed by atoms with Gasteiger partial charge in [0.1, 0.15) is 17.1 Å². The second kappa shape index (κ2) is 20.9. The Balaban J connectivity index is 0.948. The number of aryl methyl sites for hydroxylation is 1. The first-order valence-corrected chi connectivity index (χ1v) is 22.0. The number of benzene rings is 5.